The van der Waals surface area contributed by atoms with Crippen molar-refractivity contribution in [3.8, 4) is 5.75 Å². The molecule has 0 saturated heterocycles. The maximum Gasteiger partial charge on any atom is 0.260 e. The van der Waals surface area contributed by atoms with Crippen molar-refractivity contribution in [2.45, 2.75) is 26.4 Å². The highest BCUT2D eigenvalue weighted by molar-refractivity contribution is 6.30. The highest BCUT2D eigenvalue weighted by atomic mass is 35.5. The van der Waals surface area contributed by atoms with E-state index in [0.717, 1.165) is 23.3 Å². The number of hydrogen-bond acceptors (Lipinski definition) is 2. The molecular weight excluding hydrogens is 298 g/mol. The van der Waals surface area contributed by atoms with E-state index in [1.807, 2.05) is 55.5 Å². The van der Waals surface area contributed by atoms with Gasteiger partial charge in [-0.2, -0.15) is 0 Å². The summed E-state index contributed by atoms with van der Waals surface area (Å²) in [4.78, 5) is 12.0. The average Bonchev–Trinajstić information content (AvgIpc) is 2.51. The molecule has 0 heterocycles. The van der Waals surface area contributed by atoms with E-state index in [1.165, 1.54) is 0 Å². The Hall–Kier alpha value is -2.00. The number of carbonyl (C=O) groups excluding carboxylic acids is 1. The number of para-hydroxylation sites is 1. The lowest BCUT2D eigenvalue weighted by atomic mass is 10.1. The van der Waals surface area contributed by atoms with Gasteiger partial charge in [0, 0.05) is 11.6 Å². The Morgan fingerprint density at radius 3 is 2.55 bits per heavy atom. The van der Waals surface area contributed by atoms with Gasteiger partial charge in [0.1, 0.15) is 5.75 Å². The van der Waals surface area contributed by atoms with Gasteiger partial charge < -0.3 is 10.1 Å². The first-order chi connectivity index (χ1) is 10.6. The zero-order chi connectivity index (χ0) is 15.9. The van der Waals surface area contributed by atoms with E-state index in [9.17, 15) is 4.79 Å². The molecule has 0 aliphatic heterocycles. The van der Waals surface area contributed by atoms with Crippen LogP contribution in [0.15, 0.2) is 48.5 Å². The number of amides is 1. The third kappa shape index (κ3) is 4.78. The standard InChI is InChI=1S/C18H20ClNO2/c1-13-5-3-4-6-17(13)22-14(2)18(21)20-12-11-15-7-9-16(19)10-8-15/h3-10,14H,11-12H2,1-2H3,(H,20,21)/t14-/m0/s1. The number of ether oxygens (including phenoxy) is 1. The van der Waals surface area contributed by atoms with Crippen LogP contribution in [0.2, 0.25) is 5.02 Å². The zero-order valence-corrected chi connectivity index (χ0v) is 13.6. The summed E-state index contributed by atoms with van der Waals surface area (Å²) in [5.74, 6) is 0.625. The molecule has 116 valence electrons. The Balaban J connectivity index is 1.79. The Kier molecular flexibility index (Phi) is 5.84. The quantitative estimate of drug-likeness (QED) is 0.880. The lowest BCUT2D eigenvalue weighted by Gasteiger charge is -2.16. The number of rotatable bonds is 6. The second kappa shape index (κ2) is 7.85. The first-order valence-corrected chi connectivity index (χ1v) is 7.68. The molecule has 0 aliphatic rings. The van der Waals surface area contributed by atoms with E-state index in [2.05, 4.69) is 5.32 Å². The van der Waals surface area contributed by atoms with Gasteiger partial charge >= 0.3 is 0 Å². The molecule has 1 amide bonds. The molecule has 1 N–H and O–H groups in total. The fraction of sp³-hybridized carbons (Fsp3) is 0.278. The molecule has 0 aromatic heterocycles. The van der Waals surface area contributed by atoms with Crippen LogP contribution in [0.25, 0.3) is 0 Å². The predicted octanol–water partition coefficient (Wildman–Crippen LogP) is 3.77. The van der Waals surface area contributed by atoms with E-state index in [-0.39, 0.29) is 5.91 Å². The number of aryl methyl sites for hydroxylation is 1. The summed E-state index contributed by atoms with van der Waals surface area (Å²) < 4.78 is 5.70. The summed E-state index contributed by atoms with van der Waals surface area (Å²) in [7, 11) is 0. The van der Waals surface area contributed by atoms with Crippen LogP contribution in [0.4, 0.5) is 0 Å². The first kappa shape index (κ1) is 16.4. The summed E-state index contributed by atoms with van der Waals surface area (Å²) in [5, 5.41) is 3.60. The van der Waals surface area contributed by atoms with Gasteiger partial charge in [0.05, 0.1) is 0 Å². The van der Waals surface area contributed by atoms with Crippen LogP contribution < -0.4 is 10.1 Å². The van der Waals surface area contributed by atoms with Crippen LogP contribution in [0, 0.1) is 6.92 Å². The van der Waals surface area contributed by atoms with E-state index in [1.54, 1.807) is 6.92 Å². The molecule has 0 aliphatic carbocycles. The van der Waals surface area contributed by atoms with Crippen LogP contribution in [-0.4, -0.2) is 18.6 Å². The van der Waals surface area contributed by atoms with Crippen LogP contribution in [0.1, 0.15) is 18.1 Å². The minimum absolute atomic E-state index is 0.114. The van der Waals surface area contributed by atoms with Crippen molar-refractivity contribution in [2.75, 3.05) is 6.54 Å². The van der Waals surface area contributed by atoms with Crippen LogP contribution >= 0.6 is 11.6 Å². The number of halogens is 1. The van der Waals surface area contributed by atoms with Crippen molar-refractivity contribution >= 4 is 17.5 Å². The molecule has 2 aromatic carbocycles. The van der Waals surface area contributed by atoms with Crippen LogP contribution in [-0.2, 0) is 11.2 Å². The topological polar surface area (TPSA) is 38.3 Å². The second-order valence-electron chi connectivity index (χ2n) is 5.19. The third-order valence-electron chi connectivity index (χ3n) is 3.39. The van der Waals surface area contributed by atoms with E-state index in [0.29, 0.717) is 11.6 Å². The lowest BCUT2D eigenvalue weighted by Crippen LogP contribution is -2.37. The van der Waals surface area contributed by atoms with Crippen molar-refractivity contribution in [3.05, 3.63) is 64.7 Å². The highest BCUT2D eigenvalue weighted by Crippen LogP contribution is 2.17. The van der Waals surface area contributed by atoms with E-state index in [4.69, 9.17) is 16.3 Å². The van der Waals surface area contributed by atoms with Gasteiger partial charge in [-0.05, 0) is 49.6 Å². The molecular formula is C18H20ClNO2. The fourth-order valence-electron chi connectivity index (χ4n) is 2.06. The normalized spacial score (nSPS) is 11.8. The van der Waals surface area contributed by atoms with Crippen LogP contribution in [0.5, 0.6) is 5.75 Å². The molecule has 3 nitrogen and oxygen atoms in total. The molecule has 0 saturated carbocycles. The largest absolute Gasteiger partial charge is 0.481 e. The number of benzene rings is 2. The predicted molar refractivity (Wildman–Crippen MR) is 89.4 cm³/mol. The van der Waals surface area contributed by atoms with Gasteiger partial charge in [-0.25, -0.2) is 0 Å². The van der Waals surface area contributed by atoms with Crippen molar-refractivity contribution < 1.29 is 9.53 Å². The Bertz CT molecular complexity index is 625. The minimum Gasteiger partial charge on any atom is -0.481 e. The number of nitrogens with one attached hydrogen (secondary N) is 1. The van der Waals surface area contributed by atoms with Crippen molar-refractivity contribution in [1.82, 2.24) is 5.32 Å². The molecule has 4 heteroatoms. The highest BCUT2D eigenvalue weighted by Gasteiger charge is 2.14. The maximum absolute atomic E-state index is 12.0. The monoisotopic (exact) mass is 317 g/mol. The summed E-state index contributed by atoms with van der Waals surface area (Å²) in [6, 6.07) is 15.3. The van der Waals surface area contributed by atoms with E-state index < -0.39 is 6.10 Å². The smallest absolute Gasteiger partial charge is 0.260 e. The van der Waals surface area contributed by atoms with Gasteiger partial charge in [0.15, 0.2) is 6.10 Å². The third-order valence-corrected chi connectivity index (χ3v) is 3.64. The molecule has 0 bridgehead atoms. The lowest BCUT2D eigenvalue weighted by molar-refractivity contribution is -0.127. The molecule has 0 fully saturated rings. The van der Waals surface area contributed by atoms with Gasteiger partial charge in [0.2, 0.25) is 0 Å². The SMILES string of the molecule is Cc1ccccc1O[C@@H](C)C(=O)NCCc1ccc(Cl)cc1. The molecule has 0 spiro atoms. The summed E-state index contributed by atoms with van der Waals surface area (Å²) in [6.45, 7) is 4.28. The number of hydrogen-bond donors (Lipinski definition) is 1. The average molecular weight is 318 g/mol. The van der Waals surface area contributed by atoms with Gasteiger partial charge in [-0.3, -0.25) is 4.79 Å². The molecule has 1 atom stereocenters. The second-order valence-corrected chi connectivity index (χ2v) is 5.63. The Labute approximate surface area is 136 Å². The Morgan fingerprint density at radius 1 is 1.18 bits per heavy atom. The fourth-order valence-corrected chi connectivity index (χ4v) is 2.18. The Morgan fingerprint density at radius 2 is 1.86 bits per heavy atom. The maximum atomic E-state index is 12.0. The molecule has 2 rings (SSSR count). The summed E-state index contributed by atoms with van der Waals surface area (Å²) in [5.41, 5.74) is 2.15. The first-order valence-electron chi connectivity index (χ1n) is 7.30. The minimum atomic E-state index is -0.522. The molecule has 0 unspecified atom stereocenters. The van der Waals surface area contributed by atoms with Gasteiger partial charge in [-0.1, -0.05) is 41.9 Å². The molecule has 2 aromatic rings. The van der Waals surface area contributed by atoms with Crippen molar-refractivity contribution in [2.24, 2.45) is 0 Å². The molecule has 0 radical (unpaired) electrons. The summed E-state index contributed by atoms with van der Waals surface area (Å²) >= 11 is 5.84. The van der Waals surface area contributed by atoms with Crippen molar-refractivity contribution in [3.63, 3.8) is 0 Å². The van der Waals surface area contributed by atoms with Gasteiger partial charge in [-0.15, -0.1) is 0 Å². The van der Waals surface area contributed by atoms with Crippen molar-refractivity contribution in [1.29, 1.82) is 0 Å². The molecule has 22 heavy (non-hydrogen) atoms. The summed E-state index contributed by atoms with van der Waals surface area (Å²) in [6.07, 6.45) is 0.242. The van der Waals surface area contributed by atoms with Crippen LogP contribution in [0.3, 0.4) is 0 Å². The number of carbonyl (C=O) groups is 1. The zero-order valence-electron chi connectivity index (χ0n) is 12.8. The van der Waals surface area contributed by atoms with E-state index >= 15 is 0 Å². The van der Waals surface area contributed by atoms with Gasteiger partial charge in [0.25, 0.3) is 5.91 Å².